The smallest absolute Gasteiger partial charge is 0.416 e. The predicted molar refractivity (Wildman–Crippen MR) is 80.4 cm³/mol. The lowest BCUT2D eigenvalue weighted by Gasteiger charge is -2.12. The van der Waals surface area contributed by atoms with Crippen molar-refractivity contribution in [2.45, 2.75) is 6.18 Å². The van der Waals surface area contributed by atoms with Crippen LogP contribution in [0.25, 0.3) is 11.3 Å². The van der Waals surface area contributed by atoms with Gasteiger partial charge in [-0.1, -0.05) is 35.3 Å². The average Bonchev–Trinajstić information content (AvgIpc) is 2.51. The molecule has 1 aromatic heterocycles. The van der Waals surface area contributed by atoms with Gasteiger partial charge in [0.05, 0.1) is 34.1 Å². The molecule has 2 aromatic rings. The minimum absolute atomic E-state index is 0.0303. The Bertz CT molecular complexity index is 762. The molecule has 0 saturated carbocycles. The van der Waals surface area contributed by atoms with Crippen molar-refractivity contribution in [3.63, 3.8) is 0 Å². The minimum atomic E-state index is -4.47. The van der Waals surface area contributed by atoms with Gasteiger partial charge < -0.3 is 10.5 Å². The normalized spacial score (nSPS) is 11.4. The van der Waals surface area contributed by atoms with Gasteiger partial charge in [-0.2, -0.15) is 13.2 Å². The Morgan fingerprint density at radius 1 is 1.17 bits per heavy atom. The quantitative estimate of drug-likeness (QED) is 0.799. The van der Waals surface area contributed by atoms with Crippen LogP contribution in [0.2, 0.25) is 10.0 Å². The lowest BCUT2D eigenvalue weighted by atomic mass is 10.1. The second-order valence-corrected chi connectivity index (χ2v) is 5.17. The van der Waals surface area contributed by atoms with Crippen LogP contribution >= 0.6 is 23.2 Å². The molecule has 23 heavy (non-hydrogen) atoms. The number of nitrogen functional groups attached to an aromatic ring is 1. The summed E-state index contributed by atoms with van der Waals surface area (Å²) in [5.74, 6) is -0.841. The van der Waals surface area contributed by atoms with Crippen LogP contribution in [0.3, 0.4) is 0 Å². The van der Waals surface area contributed by atoms with Crippen molar-refractivity contribution >= 4 is 34.9 Å². The molecule has 2 rings (SSSR count). The van der Waals surface area contributed by atoms with Crippen molar-refractivity contribution in [3.05, 3.63) is 45.6 Å². The number of aromatic nitrogens is 1. The summed E-state index contributed by atoms with van der Waals surface area (Å²) in [6.45, 7) is 0. The number of halogens is 5. The molecular formula is C14H9Cl2F3N2O2. The first kappa shape index (κ1) is 17.4. The summed E-state index contributed by atoms with van der Waals surface area (Å²) < 4.78 is 42.3. The number of carbonyl (C=O) groups excluding carboxylic acids is 1. The van der Waals surface area contributed by atoms with E-state index in [1.165, 1.54) is 12.1 Å². The largest absolute Gasteiger partial charge is 0.464 e. The van der Waals surface area contributed by atoms with Gasteiger partial charge in [0.25, 0.3) is 0 Å². The van der Waals surface area contributed by atoms with Crippen LogP contribution in [-0.2, 0) is 10.9 Å². The van der Waals surface area contributed by atoms with Crippen molar-refractivity contribution in [3.8, 4) is 11.3 Å². The van der Waals surface area contributed by atoms with Crippen LogP contribution in [0.1, 0.15) is 16.1 Å². The average molecular weight is 365 g/mol. The number of nitrogens with zero attached hydrogens (tertiary/aromatic N) is 1. The first-order chi connectivity index (χ1) is 10.7. The molecule has 0 aliphatic rings. The molecular weight excluding hydrogens is 356 g/mol. The Balaban J connectivity index is 2.59. The molecule has 1 heterocycles. The molecule has 0 amide bonds. The second-order valence-electron chi connectivity index (χ2n) is 4.42. The van der Waals surface area contributed by atoms with Gasteiger partial charge in [0.1, 0.15) is 0 Å². The number of carbonyl (C=O) groups is 1. The highest BCUT2D eigenvalue weighted by molar-refractivity contribution is 6.41. The van der Waals surface area contributed by atoms with Crippen LogP contribution < -0.4 is 5.73 Å². The van der Waals surface area contributed by atoms with Crippen molar-refractivity contribution in [1.29, 1.82) is 0 Å². The van der Waals surface area contributed by atoms with Crippen molar-refractivity contribution in [1.82, 2.24) is 4.98 Å². The van der Waals surface area contributed by atoms with E-state index < -0.39 is 17.7 Å². The highest BCUT2D eigenvalue weighted by Gasteiger charge is 2.30. The zero-order valence-corrected chi connectivity index (χ0v) is 13.1. The third kappa shape index (κ3) is 3.35. The number of alkyl halides is 3. The van der Waals surface area contributed by atoms with E-state index >= 15 is 0 Å². The van der Waals surface area contributed by atoms with Crippen molar-refractivity contribution in [2.75, 3.05) is 12.8 Å². The number of benzene rings is 1. The number of nitrogens with two attached hydrogens (primary N) is 1. The summed E-state index contributed by atoms with van der Waals surface area (Å²) in [6.07, 6.45) is -4.47. The monoisotopic (exact) mass is 364 g/mol. The summed E-state index contributed by atoms with van der Waals surface area (Å²) >= 11 is 11.9. The summed E-state index contributed by atoms with van der Waals surface area (Å²) in [5.41, 5.74) is 4.79. The summed E-state index contributed by atoms with van der Waals surface area (Å²) in [4.78, 5) is 15.6. The van der Waals surface area contributed by atoms with Crippen LogP contribution in [-0.4, -0.2) is 18.1 Å². The first-order valence-electron chi connectivity index (χ1n) is 6.07. The molecule has 0 unspecified atom stereocenters. The van der Waals surface area contributed by atoms with Crippen LogP contribution in [0.4, 0.5) is 18.9 Å². The minimum Gasteiger partial charge on any atom is -0.464 e. The zero-order valence-electron chi connectivity index (χ0n) is 11.5. The maximum absolute atomic E-state index is 12.6. The Morgan fingerprint density at radius 2 is 1.74 bits per heavy atom. The third-order valence-electron chi connectivity index (χ3n) is 2.98. The summed E-state index contributed by atoms with van der Waals surface area (Å²) in [7, 11) is 1.13. The third-order valence-corrected chi connectivity index (χ3v) is 3.74. The van der Waals surface area contributed by atoms with E-state index in [0.717, 1.165) is 19.2 Å². The summed E-state index contributed by atoms with van der Waals surface area (Å²) in [5, 5.41) is -0.250. The summed E-state index contributed by atoms with van der Waals surface area (Å²) in [6, 6.07) is 4.09. The highest BCUT2D eigenvalue weighted by Crippen LogP contribution is 2.38. The van der Waals surface area contributed by atoms with E-state index in [0.29, 0.717) is 0 Å². The molecule has 0 fully saturated rings. The van der Waals surface area contributed by atoms with Gasteiger partial charge in [-0.15, -0.1) is 0 Å². The van der Waals surface area contributed by atoms with E-state index in [1.807, 2.05) is 0 Å². The lowest BCUT2D eigenvalue weighted by Crippen LogP contribution is -2.09. The fourth-order valence-corrected chi connectivity index (χ4v) is 2.31. The Hall–Kier alpha value is -1.99. The number of esters is 1. The van der Waals surface area contributed by atoms with E-state index in [9.17, 15) is 18.0 Å². The van der Waals surface area contributed by atoms with Gasteiger partial charge in [0.15, 0.2) is 5.69 Å². The molecule has 4 nitrogen and oxygen atoms in total. The van der Waals surface area contributed by atoms with Gasteiger partial charge in [0, 0.05) is 5.56 Å². The number of hydrogen-bond donors (Lipinski definition) is 1. The number of methoxy groups -OCH3 is 1. The van der Waals surface area contributed by atoms with Crippen molar-refractivity contribution in [2.24, 2.45) is 0 Å². The van der Waals surface area contributed by atoms with Crippen molar-refractivity contribution < 1.29 is 22.7 Å². The Morgan fingerprint density at radius 3 is 2.22 bits per heavy atom. The van der Waals surface area contributed by atoms with Crippen LogP contribution in [0.5, 0.6) is 0 Å². The molecule has 2 N–H and O–H groups in total. The first-order valence-corrected chi connectivity index (χ1v) is 6.82. The molecule has 0 aliphatic carbocycles. The topological polar surface area (TPSA) is 65.2 Å². The number of hydrogen-bond acceptors (Lipinski definition) is 4. The molecule has 0 radical (unpaired) electrons. The molecule has 9 heteroatoms. The van der Waals surface area contributed by atoms with Crippen LogP contribution in [0.15, 0.2) is 24.3 Å². The van der Waals surface area contributed by atoms with Gasteiger partial charge in [-0.05, 0) is 12.1 Å². The van der Waals surface area contributed by atoms with E-state index in [4.69, 9.17) is 28.9 Å². The molecule has 0 bridgehead atoms. The maximum atomic E-state index is 12.6. The molecule has 0 aliphatic heterocycles. The van der Waals surface area contributed by atoms with Gasteiger partial charge in [-0.3, -0.25) is 0 Å². The fraction of sp³-hybridized carbons (Fsp3) is 0.143. The highest BCUT2D eigenvalue weighted by atomic mass is 35.5. The lowest BCUT2D eigenvalue weighted by molar-refractivity contribution is -0.137. The fourth-order valence-electron chi connectivity index (χ4n) is 1.80. The SMILES string of the molecule is COC(=O)c1nc(-c2ccc(C(F)(F)F)cc2)c(Cl)c(N)c1Cl. The number of pyridine rings is 1. The van der Waals surface area contributed by atoms with E-state index in [1.54, 1.807) is 0 Å². The molecule has 0 saturated heterocycles. The van der Waals surface area contributed by atoms with Gasteiger partial charge in [-0.25, -0.2) is 9.78 Å². The maximum Gasteiger partial charge on any atom is 0.416 e. The molecule has 0 atom stereocenters. The predicted octanol–water partition coefficient (Wildman–Crippen LogP) is 4.44. The molecule has 122 valence electrons. The van der Waals surface area contributed by atoms with Gasteiger partial charge in [0.2, 0.25) is 0 Å². The van der Waals surface area contributed by atoms with E-state index in [-0.39, 0.29) is 32.7 Å². The molecule has 0 spiro atoms. The number of ether oxygens (including phenoxy) is 1. The Labute approximate surface area is 139 Å². The van der Waals surface area contributed by atoms with E-state index in [2.05, 4.69) is 9.72 Å². The number of anilines is 1. The standard InChI is InChI=1S/C14H9Cl2F3N2O2/c1-23-13(22)12-9(16)10(20)8(15)11(21-12)6-2-4-7(5-3-6)14(17,18)19/h2-5H,1H3,(H2,20,21). The second kappa shape index (κ2) is 6.25. The zero-order chi connectivity index (χ0) is 17.4. The molecule has 1 aromatic carbocycles. The Kier molecular flexibility index (Phi) is 4.72. The number of rotatable bonds is 2. The van der Waals surface area contributed by atoms with Gasteiger partial charge >= 0.3 is 12.1 Å². The van der Waals surface area contributed by atoms with Crippen LogP contribution in [0, 0.1) is 0 Å².